The molecule has 114 valence electrons. The van der Waals surface area contributed by atoms with Crippen molar-refractivity contribution in [2.75, 3.05) is 13.1 Å². The smallest absolute Gasteiger partial charge is 0.311 e. The number of hydrogen-bond acceptors (Lipinski definition) is 2. The number of nitrogens with zero attached hydrogens (tertiary/aromatic N) is 1. The SMILES string of the molecule is CC1CC(C(=O)N2CCC(C)(C(=O)O)C2)CC(C)(C)C1. The van der Waals surface area contributed by atoms with Crippen LogP contribution in [0.3, 0.4) is 0 Å². The molecule has 4 nitrogen and oxygen atoms in total. The Morgan fingerprint density at radius 3 is 2.35 bits per heavy atom. The highest BCUT2D eigenvalue weighted by Crippen LogP contribution is 2.43. The minimum absolute atomic E-state index is 0.0740. The first-order valence-corrected chi connectivity index (χ1v) is 7.65. The van der Waals surface area contributed by atoms with Crippen molar-refractivity contribution in [3.8, 4) is 0 Å². The minimum atomic E-state index is -0.787. The number of likely N-dealkylation sites (tertiary alicyclic amines) is 1. The van der Waals surface area contributed by atoms with Gasteiger partial charge in [-0.3, -0.25) is 9.59 Å². The lowest BCUT2D eigenvalue weighted by Gasteiger charge is -2.39. The molecular weight excluding hydrogens is 254 g/mol. The highest BCUT2D eigenvalue weighted by Gasteiger charge is 2.45. The maximum atomic E-state index is 12.7. The number of carboxylic acids is 1. The highest BCUT2D eigenvalue weighted by molar-refractivity contribution is 5.82. The predicted molar refractivity (Wildman–Crippen MR) is 77.2 cm³/mol. The van der Waals surface area contributed by atoms with Crippen molar-refractivity contribution in [3.05, 3.63) is 0 Å². The van der Waals surface area contributed by atoms with E-state index in [2.05, 4.69) is 20.8 Å². The van der Waals surface area contributed by atoms with Gasteiger partial charge in [-0.2, -0.15) is 0 Å². The summed E-state index contributed by atoms with van der Waals surface area (Å²) < 4.78 is 0. The van der Waals surface area contributed by atoms with E-state index in [-0.39, 0.29) is 17.2 Å². The summed E-state index contributed by atoms with van der Waals surface area (Å²) in [5, 5.41) is 9.27. The van der Waals surface area contributed by atoms with Crippen LogP contribution in [0.15, 0.2) is 0 Å². The Bertz CT molecular complexity index is 418. The molecular formula is C16H27NO3. The first-order chi connectivity index (χ1) is 9.13. The zero-order valence-electron chi connectivity index (χ0n) is 13.1. The number of aliphatic carboxylic acids is 1. The Morgan fingerprint density at radius 2 is 1.85 bits per heavy atom. The Morgan fingerprint density at radius 1 is 1.20 bits per heavy atom. The molecule has 2 rings (SSSR count). The van der Waals surface area contributed by atoms with Crippen LogP contribution in [0.25, 0.3) is 0 Å². The van der Waals surface area contributed by atoms with Crippen molar-refractivity contribution >= 4 is 11.9 Å². The van der Waals surface area contributed by atoms with Crippen LogP contribution in [0, 0.1) is 22.7 Å². The summed E-state index contributed by atoms with van der Waals surface area (Å²) in [5.74, 6) is 0.0331. The molecule has 1 aliphatic carbocycles. The fraction of sp³-hybridized carbons (Fsp3) is 0.875. The minimum Gasteiger partial charge on any atom is -0.481 e. The van der Waals surface area contributed by atoms with E-state index in [4.69, 9.17) is 0 Å². The predicted octanol–water partition coefficient (Wildman–Crippen LogP) is 2.77. The largest absolute Gasteiger partial charge is 0.481 e. The van der Waals surface area contributed by atoms with E-state index in [1.165, 1.54) is 6.42 Å². The third-order valence-electron chi connectivity index (χ3n) is 5.04. The molecule has 3 unspecified atom stereocenters. The number of rotatable bonds is 2. The van der Waals surface area contributed by atoms with Gasteiger partial charge >= 0.3 is 5.97 Å². The molecule has 1 saturated heterocycles. The molecule has 2 aliphatic rings. The summed E-state index contributed by atoms with van der Waals surface area (Å²) in [4.78, 5) is 25.7. The van der Waals surface area contributed by atoms with Gasteiger partial charge in [0.15, 0.2) is 0 Å². The van der Waals surface area contributed by atoms with Crippen molar-refractivity contribution < 1.29 is 14.7 Å². The molecule has 1 heterocycles. The molecule has 1 saturated carbocycles. The van der Waals surface area contributed by atoms with Crippen LogP contribution in [0.2, 0.25) is 0 Å². The zero-order chi connectivity index (χ0) is 15.1. The van der Waals surface area contributed by atoms with Crippen LogP contribution in [0.4, 0.5) is 0 Å². The topological polar surface area (TPSA) is 57.6 Å². The Hall–Kier alpha value is -1.06. The summed E-state index contributed by atoms with van der Waals surface area (Å²) in [7, 11) is 0. The van der Waals surface area contributed by atoms with Crippen LogP contribution in [-0.4, -0.2) is 35.0 Å². The van der Waals surface area contributed by atoms with E-state index in [0.29, 0.717) is 25.4 Å². The quantitative estimate of drug-likeness (QED) is 0.846. The number of carbonyl (C=O) groups is 2. The molecule has 1 N–H and O–H groups in total. The molecule has 2 fully saturated rings. The number of carboxylic acid groups (broad SMARTS) is 1. The second-order valence-electron chi connectivity index (χ2n) is 7.99. The summed E-state index contributed by atoms with van der Waals surface area (Å²) in [6, 6.07) is 0. The standard InChI is InChI=1S/C16H27NO3/c1-11-7-12(9-15(2,3)8-11)13(18)17-6-5-16(4,10-17)14(19)20/h11-12H,5-10H2,1-4H3,(H,19,20). The summed E-state index contributed by atoms with van der Waals surface area (Å²) in [6.07, 6.45) is 3.61. The molecule has 0 radical (unpaired) electrons. The summed E-state index contributed by atoms with van der Waals surface area (Å²) >= 11 is 0. The normalized spacial score (nSPS) is 36.9. The lowest BCUT2D eigenvalue weighted by atomic mass is 9.67. The Labute approximate surface area is 121 Å². The van der Waals surface area contributed by atoms with Crippen LogP contribution in [0.5, 0.6) is 0 Å². The monoisotopic (exact) mass is 281 g/mol. The van der Waals surface area contributed by atoms with E-state index in [9.17, 15) is 14.7 Å². The van der Waals surface area contributed by atoms with Crippen molar-refractivity contribution in [1.82, 2.24) is 4.90 Å². The maximum Gasteiger partial charge on any atom is 0.311 e. The lowest BCUT2D eigenvalue weighted by molar-refractivity contribution is -0.148. The average molecular weight is 281 g/mol. The molecule has 1 amide bonds. The van der Waals surface area contributed by atoms with Crippen LogP contribution >= 0.6 is 0 Å². The zero-order valence-corrected chi connectivity index (χ0v) is 13.1. The molecule has 0 bridgehead atoms. The number of amides is 1. The first-order valence-electron chi connectivity index (χ1n) is 7.65. The summed E-state index contributed by atoms with van der Waals surface area (Å²) in [6.45, 7) is 9.38. The highest BCUT2D eigenvalue weighted by atomic mass is 16.4. The number of hydrogen-bond donors (Lipinski definition) is 1. The second kappa shape index (κ2) is 5.05. The van der Waals surface area contributed by atoms with Crippen molar-refractivity contribution in [2.45, 2.75) is 53.4 Å². The van der Waals surface area contributed by atoms with E-state index in [0.717, 1.165) is 12.8 Å². The van der Waals surface area contributed by atoms with Gasteiger partial charge in [0.05, 0.1) is 5.41 Å². The third-order valence-corrected chi connectivity index (χ3v) is 5.04. The molecule has 0 aromatic rings. The van der Waals surface area contributed by atoms with Crippen molar-refractivity contribution in [2.24, 2.45) is 22.7 Å². The van der Waals surface area contributed by atoms with Crippen molar-refractivity contribution in [3.63, 3.8) is 0 Å². The number of carbonyl (C=O) groups excluding carboxylic acids is 1. The van der Waals surface area contributed by atoms with Gasteiger partial charge in [0.25, 0.3) is 0 Å². The van der Waals surface area contributed by atoms with E-state index >= 15 is 0 Å². The molecule has 0 spiro atoms. The molecule has 4 heteroatoms. The second-order valence-corrected chi connectivity index (χ2v) is 7.99. The van der Waals surface area contributed by atoms with Crippen LogP contribution in [-0.2, 0) is 9.59 Å². The van der Waals surface area contributed by atoms with Gasteiger partial charge in [0.2, 0.25) is 5.91 Å². The summed E-state index contributed by atoms with van der Waals surface area (Å²) in [5.41, 5.74) is -0.542. The van der Waals surface area contributed by atoms with E-state index in [1.807, 2.05) is 0 Å². The average Bonchev–Trinajstić information content (AvgIpc) is 2.69. The maximum absolute atomic E-state index is 12.7. The van der Waals surface area contributed by atoms with Crippen LogP contribution < -0.4 is 0 Å². The molecule has 0 aromatic carbocycles. The van der Waals surface area contributed by atoms with Gasteiger partial charge < -0.3 is 10.0 Å². The van der Waals surface area contributed by atoms with Gasteiger partial charge in [-0.25, -0.2) is 0 Å². The molecule has 1 aliphatic heterocycles. The fourth-order valence-electron chi connectivity index (χ4n) is 4.12. The van der Waals surface area contributed by atoms with Crippen LogP contribution in [0.1, 0.15) is 53.4 Å². The van der Waals surface area contributed by atoms with E-state index in [1.54, 1.807) is 11.8 Å². The molecule has 0 aromatic heterocycles. The van der Waals surface area contributed by atoms with Gasteiger partial charge in [-0.15, -0.1) is 0 Å². The van der Waals surface area contributed by atoms with Gasteiger partial charge in [0, 0.05) is 19.0 Å². The fourth-order valence-corrected chi connectivity index (χ4v) is 4.12. The van der Waals surface area contributed by atoms with E-state index < -0.39 is 11.4 Å². The lowest BCUT2D eigenvalue weighted by Crippen LogP contribution is -2.41. The molecule has 3 atom stereocenters. The van der Waals surface area contributed by atoms with Gasteiger partial charge in [-0.1, -0.05) is 20.8 Å². The Balaban J connectivity index is 2.04. The van der Waals surface area contributed by atoms with Gasteiger partial charge in [-0.05, 0) is 43.9 Å². The Kier molecular flexibility index (Phi) is 3.87. The third kappa shape index (κ3) is 2.99. The van der Waals surface area contributed by atoms with Crippen molar-refractivity contribution in [1.29, 1.82) is 0 Å². The first kappa shape index (κ1) is 15.3. The van der Waals surface area contributed by atoms with Gasteiger partial charge in [0.1, 0.15) is 0 Å². The molecule has 20 heavy (non-hydrogen) atoms.